The summed E-state index contributed by atoms with van der Waals surface area (Å²) >= 11 is 3.20. The summed E-state index contributed by atoms with van der Waals surface area (Å²) in [6.07, 6.45) is 3.15. The van der Waals surface area contributed by atoms with Crippen molar-refractivity contribution in [3.05, 3.63) is 21.8 Å². The molecule has 6 nitrogen and oxygen atoms in total. The second-order valence-corrected chi connectivity index (χ2v) is 7.00. The molecule has 3 rings (SSSR count). The van der Waals surface area contributed by atoms with Crippen LogP contribution in [0.5, 0.6) is 0 Å². The van der Waals surface area contributed by atoms with E-state index in [9.17, 15) is 0 Å². The molecule has 0 bridgehead atoms. The van der Waals surface area contributed by atoms with Gasteiger partial charge in [-0.2, -0.15) is 0 Å². The number of allylic oxidation sites excluding steroid dienone is 1. The van der Waals surface area contributed by atoms with E-state index in [-0.39, 0.29) is 0 Å². The third kappa shape index (κ3) is 3.70. The van der Waals surface area contributed by atoms with Crippen LogP contribution in [0.25, 0.3) is 17.1 Å². The third-order valence-corrected chi connectivity index (χ3v) is 4.99. The molecule has 0 atom stereocenters. The molecule has 0 fully saturated rings. The Bertz CT molecular complexity index is 728. The number of hydrogen-bond acceptors (Lipinski definition) is 8. The molecule has 8 heteroatoms. The van der Waals surface area contributed by atoms with Gasteiger partial charge in [0.05, 0.1) is 5.70 Å². The Morgan fingerprint density at radius 3 is 2.74 bits per heavy atom. The molecule has 1 aliphatic heterocycles. The van der Waals surface area contributed by atoms with Gasteiger partial charge in [-0.15, -0.1) is 22.7 Å². The first-order valence-electron chi connectivity index (χ1n) is 7.48. The molecule has 0 spiro atoms. The van der Waals surface area contributed by atoms with Crippen molar-refractivity contribution >= 4 is 39.5 Å². The molecule has 0 aliphatic carbocycles. The first-order chi connectivity index (χ1) is 11.2. The second kappa shape index (κ2) is 7.10. The molecular formula is C15H20N6S2. The average molecular weight is 349 g/mol. The van der Waals surface area contributed by atoms with Crippen molar-refractivity contribution < 1.29 is 0 Å². The standard InChI is InChI=1S/C15H20N6S2/c1-4-12(21(2)3)13-18-10(8-22-13)11-9-23-15(19-11)20-14-16-6-5-7-17-14/h4,8-9H,5-7H2,1-3H3,(H2,16,17,19,20)/b12-4-. The van der Waals surface area contributed by atoms with Crippen molar-refractivity contribution in [2.24, 2.45) is 4.99 Å². The Morgan fingerprint density at radius 1 is 1.26 bits per heavy atom. The average Bonchev–Trinajstić information content (AvgIpc) is 3.18. The van der Waals surface area contributed by atoms with Gasteiger partial charge in [-0.25, -0.2) is 9.97 Å². The highest BCUT2D eigenvalue weighted by molar-refractivity contribution is 7.14. The quantitative estimate of drug-likeness (QED) is 0.889. The number of aliphatic imine (C=N–C) groups is 1. The van der Waals surface area contributed by atoms with Gasteiger partial charge in [-0.3, -0.25) is 4.99 Å². The summed E-state index contributed by atoms with van der Waals surface area (Å²) in [6.45, 7) is 3.84. The predicted octanol–water partition coefficient (Wildman–Crippen LogP) is 2.95. The van der Waals surface area contributed by atoms with Crippen molar-refractivity contribution in [2.75, 3.05) is 32.5 Å². The summed E-state index contributed by atoms with van der Waals surface area (Å²) in [6, 6.07) is 0. The monoisotopic (exact) mass is 348 g/mol. The fraction of sp³-hybridized carbons (Fsp3) is 0.400. The highest BCUT2D eigenvalue weighted by atomic mass is 32.1. The molecule has 3 heterocycles. The molecule has 0 amide bonds. The minimum Gasteiger partial charge on any atom is -0.376 e. The maximum atomic E-state index is 4.71. The summed E-state index contributed by atoms with van der Waals surface area (Å²) in [5.74, 6) is 0.805. The Morgan fingerprint density at radius 2 is 2.04 bits per heavy atom. The Balaban J connectivity index is 1.75. The van der Waals surface area contributed by atoms with Gasteiger partial charge in [0.15, 0.2) is 11.1 Å². The second-order valence-electron chi connectivity index (χ2n) is 5.28. The van der Waals surface area contributed by atoms with Crippen LogP contribution in [0.3, 0.4) is 0 Å². The van der Waals surface area contributed by atoms with Crippen LogP contribution in [0.15, 0.2) is 21.8 Å². The molecule has 0 saturated carbocycles. The van der Waals surface area contributed by atoms with Crippen molar-refractivity contribution in [1.29, 1.82) is 0 Å². The Kier molecular flexibility index (Phi) is 4.92. The minimum atomic E-state index is 0.805. The van der Waals surface area contributed by atoms with E-state index < -0.39 is 0 Å². The molecule has 0 radical (unpaired) electrons. The van der Waals surface area contributed by atoms with Gasteiger partial charge in [0.1, 0.15) is 16.4 Å². The lowest BCUT2D eigenvalue weighted by Gasteiger charge is -2.14. The SMILES string of the molecule is C/C=C(/c1nc(-c2csc(NC3=NCCCN3)n2)cs1)N(C)C. The molecule has 2 N–H and O–H groups in total. The predicted molar refractivity (Wildman–Crippen MR) is 99.1 cm³/mol. The zero-order valence-corrected chi connectivity index (χ0v) is 15.1. The topological polar surface area (TPSA) is 65.4 Å². The van der Waals surface area contributed by atoms with Crippen LogP contribution in [-0.4, -0.2) is 48.0 Å². The van der Waals surface area contributed by atoms with E-state index >= 15 is 0 Å². The van der Waals surface area contributed by atoms with E-state index in [1.54, 1.807) is 22.7 Å². The molecule has 122 valence electrons. The van der Waals surface area contributed by atoms with E-state index in [0.717, 1.165) is 52.7 Å². The van der Waals surface area contributed by atoms with Gasteiger partial charge in [-0.1, -0.05) is 6.08 Å². The fourth-order valence-corrected chi connectivity index (χ4v) is 3.92. The molecule has 2 aromatic rings. The Hall–Kier alpha value is -1.93. The number of rotatable bonds is 4. The maximum absolute atomic E-state index is 4.71. The van der Waals surface area contributed by atoms with Crippen molar-refractivity contribution in [3.8, 4) is 11.4 Å². The Labute approximate surface area is 144 Å². The summed E-state index contributed by atoms with van der Waals surface area (Å²) < 4.78 is 0. The van der Waals surface area contributed by atoms with Gasteiger partial charge >= 0.3 is 0 Å². The lowest BCUT2D eigenvalue weighted by molar-refractivity contribution is 0.590. The van der Waals surface area contributed by atoms with Crippen LogP contribution in [-0.2, 0) is 0 Å². The first-order valence-corrected chi connectivity index (χ1v) is 9.24. The summed E-state index contributed by atoms with van der Waals surface area (Å²) in [5.41, 5.74) is 2.93. The van der Waals surface area contributed by atoms with Crippen LogP contribution in [0.1, 0.15) is 18.4 Å². The van der Waals surface area contributed by atoms with E-state index in [0.29, 0.717) is 0 Å². The number of aromatic nitrogens is 2. The van der Waals surface area contributed by atoms with Crippen LogP contribution in [0.4, 0.5) is 5.13 Å². The van der Waals surface area contributed by atoms with E-state index in [1.807, 2.05) is 26.4 Å². The van der Waals surface area contributed by atoms with E-state index in [2.05, 4.69) is 37.0 Å². The smallest absolute Gasteiger partial charge is 0.197 e. The summed E-state index contributed by atoms with van der Waals surface area (Å²) in [5, 5.41) is 12.4. The summed E-state index contributed by atoms with van der Waals surface area (Å²) in [4.78, 5) is 15.8. The minimum absolute atomic E-state index is 0.805. The molecule has 0 unspecified atom stereocenters. The number of anilines is 1. The highest BCUT2D eigenvalue weighted by Gasteiger charge is 2.13. The largest absolute Gasteiger partial charge is 0.376 e. The van der Waals surface area contributed by atoms with Crippen LogP contribution in [0, 0.1) is 0 Å². The molecule has 2 aromatic heterocycles. The lowest BCUT2D eigenvalue weighted by atomic mass is 10.3. The van der Waals surface area contributed by atoms with Crippen LogP contribution < -0.4 is 10.6 Å². The molecule has 23 heavy (non-hydrogen) atoms. The van der Waals surface area contributed by atoms with Gasteiger partial charge < -0.3 is 15.5 Å². The zero-order chi connectivity index (χ0) is 16.2. The maximum Gasteiger partial charge on any atom is 0.197 e. The first kappa shape index (κ1) is 15.9. The van der Waals surface area contributed by atoms with Crippen LogP contribution in [0.2, 0.25) is 0 Å². The van der Waals surface area contributed by atoms with Gasteiger partial charge in [0, 0.05) is 37.9 Å². The number of nitrogens with zero attached hydrogens (tertiary/aromatic N) is 4. The molecule has 0 aromatic carbocycles. The lowest BCUT2D eigenvalue weighted by Crippen LogP contribution is -2.35. The number of guanidine groups is 1. The van der Waals surface area contributed by atoms with Crippen molar-refractivity contribution in [3.63, 3.8) is 0 Å². The van der Waals surface area contributed by atoms with Gasteiger partial charge in [0.25, 0.3) is 0 Å². The van der Waals surface area contributed by atoms with E-state index in [4.69, 9.17) is 4.98 Å². The summed E-state index contributed by atoms with van der Waals surface area (Å²) in [7, 11) is 4.05. The van der Waals surface area contributed by atoms with Crippen molar-refractivity contribution in [2.45, 2.75) is 13.3 Å². The third-order valence-electron chi connectivity index (χ3n) is 3.37. The van der Waals surface area contributed by atoms with Gasteiger partial charge in [0.2, 0.25) is 0 Å². The number of hydrogen-bond donors (Lipinski definition) is 2. The van der Waals surface area contributed by atoms with E-state index in [1.165, 1.54) is 0 Å². The molecular weight excluding hydrogens is 328 g/mol. The van der Waals surface area contributed by atoms with Crippen LogP contribution >= 0.6 is 22.7 Å². The van der Waals surface area contributed by atoms with Gasteiger partial charge in [-0.05, 0) is 13.3 Å². The molecule has 0 saturated heterocycles. The highest BCUT2D eigenvalue weighted by Crippen LogP contribution is 2.29. The molecule has 1 aliphatic rings. The number of nitrogens with one attached hydrogen (secondary N) is 2. The zero-order valence-electron chi connectivity index (χ0n) is 13.5. The fourth-order valence-electron chi connectivity index (χ4n) is 2.25. The number of thiazole rings is 2. The van der Waals surface area contributed by atoms with Crippen molar-refractivity contribution in [1.82, 2.24) is 20.2 Å². The normalized spacial score (nSPS) is 15.1.